The molecule has 0 saturated heterocycles. The molecule has 0 unspecified atom stereocenters. The van der Waals surface area contributed by atoms with E-state index in [1.54, 1.807) is 12.1 Å². The van der Waals surface area contributed by atoms with Crippen LogP contribution in [0.2, 0.25) is 5.02 Å². The van der Waals surface area contributed by atoms with Crippen LogP contribution in [0.3, 0.4) is 0 Å². The molecule has 30 heavy (non-hydrogen) atoms. The average Bonchev–Trinajstić information content (AvgIpc) is 3.00. The fourth-order valence-electron chi connectivity index (χ4n) is 3.97. The second-order valence-corrected chi connectivity index (χ2v) is 10.6. The fraction of sp³-hybridized carbons (Fsp3) is 0.478. The molecule has 1 aromatic heterocycles. The maximum atomic E-state index is 12.5. The molecule has 1 aliphatic carbocycles. The molecule has 1 atom stereocenters. The van der Waals surface area contributed by atoms with Crippen LogP contribution in [0, 0.1) is 25.2 Å². The van der Waals surface area contributed by atoms with Gasteiger partial charge in [0.15, 0.2) is 6.61 Å². The molecule has 0 aliphatic heterocycles. The summed E-state index contributed by atoms with van der Waals surface area (Å²) < 4.78 is 5.64. The monoisotopic (exact) mass is 448 g/mol. The molecule has 1 aliphatic rings. The Morgan fingerprint density at radius 1 is 1.27 bits per heavy atom. The second kappa shape index (κ2) is 8.60. The van der Waals surface area contributed by atoms with Crippen molar-refractivity contribution in [3.05, 3.63) is 44.3 Å². The number of fused-ring (bicyclic) bond motifs is 1. The molecule has 0 spiro atoms. The predicted octanol–water partition coefficient (Wildman–Crippen LogP) is 5.29. The molecular weight excluding hydrogens is 420 g/mol. The fourth-order valence-corrected chi connectivity index (χ4v) is 5.43. The number of aryl methyl sites for hydroxylation is 2. The summed E-state index contributed by atoms with van der Waals surface area (Å²) in [6.45, 7) is 10.3. The van der Waals surface area contributed by atoms with E-state index in [2.05, 4.69) is 26.1 Å². The van der Waals surface area contributed by atoms with Crippen LogP contribution in [0.1, 0.15) is 59.1 Å². The highest BCUT2D eigenvalue weighted by atomic mass is 35.5. The van der Waals surface area contributed by atoms with Gasteiger partial charge >= 0.3 is 0 Å². The first-order valence-electron chi connectivity index (χ1n) is 10.1. The Morgan fingerprint density at radius 2 is 1.90 bits per heavy atom. The number of amides is 2. The first-order chi connectivity index (χ1) is 14.0. The van der Waals surface area contributed by atoms with E-state index < -0.39 is 5.91 Å². The Labute approximate surface area is 186 Å². The van der Waals surface area contributed by atoms with E-state index in [0.717, 1.165) is 40.8 Å². The van der Waals surface area contributed by atoms with Crippen LogP contribution in [0.4, 0.5) is 5.00 Å². The smallest absolute Gasteiger partial charge is 0.262 e. The molecule has 1 heterocycles. The number of hydrogen-bond donors (Lipinski definition) is 2. The number of hydrogen-bond acceptors (Lipinski definition) is 4. The number of nitrogens with two attached hydrogens (primary N) is 1. The van der Waals surface area contributed by atoms with Gasteiger partial charge in [-0.25, -0.2) is 0 Å². The largest absolute Gasteiger partial charge is 0.484 e. The highest BCUT2D eigenvalue weighted by Crippen LogP contribution is 2.44. The molecule has 162 valence electrons. The number of rotatable bonds is 5. The number of benzene rings is 1. The van der Waals surface area contributed by atoms with Crippen molar-refractivity contribution in [2.24, 2.45) is 17.1 Å². The van der Waals surface area contributed by atoms with Gasteiger partial charge in [-0.2, -0.15) is 0 Å². The third kappa shape index (κ3) is 4.81. The van der Waals surface area contributed by atoms with Gasteiger partial charge in [0.1, 0.15) is 10.8 Å². The van der Waals surface area contributed by atoms with Gasteiger partial charge in [0.2, 0.25) is 0 Å². The standard InChI is InChI=1S/C23H29ClN2O3S/c1-12-8-15(9-13(2)20(12)24)29-11-18(27)26-22-19(21(25)28)16-7-6-14(23(3,4)5)10-17(16)30-22/h8-9,14H,6-7,10-11H2,1-5H3,(H2,25,28)(H,26,27)/t14-/m0/s1. The Kier molecular flexibility index (Phi) is 6.48. The lowest BCUT2D eigenvalue weighted by Gasteiger charge is -2.33. The summed E-state index contributed by atoms with van der Waals surface area (Å²) in [6.07, 6.45) is 2.72. The maximum absolute atomic E-state index is 12.5. The molecule has 0 fully saturated rings. The Hall–Kier alpha value is -2.05. The molecule has 5 nitrogen and oxygen atoms in total. The van der Waals surface area contributed by atoms with Gasteiger partial charge < -0.3 is 15.8 Å². The van der Waals surface area contributed by atoms with Gasteiger partial charge in [0.05, 0.1) is 5.56 Å². The lowest BCUT2D eigenvalue weighted by molar-refractivity contribution is -0.118. The maximum Gasteiger partial charge on any atom is 0.262 e. The minimum absolute atomic E-state index is 0.161. The lowest BCUT2D eigenvalue weighted by Crippen LogP contribution is -2.27. The molecule has 2 amide bonds. The molecule has 7 heteroatoms. The van der Waals surface area contributed by atoms with Crippen LogP contribution < -0.4 is 15.8 Å². The van der Waals surface area contributed by atoms with Crippen LogP contribution in [0.15, 0.2) is 12.1 Å². The Balaban J connectivity index is 1.74. The second-order valence-electron chi connectivity index (χ2n) is 9.09. The van der Waals surface area contributed by atoms with E-state index in [9.17, 15) is 9.59 Å². The molecular formula is C23H29ClN2O3S. The number of primary amides is 1. The Bertz CT molecular complexity index is 968. The quantitative estimate of drug-likeness (QED) is 0.652. The first kappa shape index (κ1) is 22.6. The molecule has 1 aromatic carbocycles. The lowest BCUT2D eigenvalue weighted by atomic mass is 9.72. The van der Waals surface area contributed by atoms with Gasteiger partial charge in [-0.15, -0.1) is 11.3 Å². The summed E-state index contributed by atoms with van der Waals surface area (Å²) in [7, 11) is 0. The number of nitrogens with one attached hydrogen (secondary N) is 1. The first-order valence-corrected chi connectivity index (χ1v) is 11.3. The summed E-state index contributed by atoms with van der Waals surface area (Å²) in [6, 6.07) is 3.60. The summed E-state index contributed by atoms with van der Waals surface area (Å²) in [4.78, 5) is 25.8. The van der Waals surface area contributed by atoms with Gasteiger partial charge in [0, 0.05) is 9.90 Å². The topological polar surface area (TPSA) is 81.4 Å². The van der Waals surface area contributed by atoms with Gasteiger partial charge in [-0.3, -0.25) is 9.59 Å². The summed E-state index contributed by atoms with van der Waals surface area (Å²) in [5.74, 6) is 0.293. The predicted molar refractivity (Wildman–Crippen MR) is 123 cm³/mol. The number of halogens is 1. The normalized spacial score (nSPS) is 16.1. The highest BCUT2D eigenvalue weighted by Gasteiger charge is 2.33. The van der Waals surface area contributed by atoms with Crippen molar-refractivity contribution in [2.75, 3.05) is 11.9 Å². The molecule has 0 saturated carbocycles. The van der Waals surface area contributed by atoms with Crippen molar-refractivity contribution in [2.45, 2.75) is 53.9 Å². The number of carbonyl (C=O) groups excluding carboxylic acids is 2. The summed E-state index contributed by atoms with van der Waals surface area (Å²) >= 11 is 7.64. The van der Waals surface area contributed by atoms with Crippen LogP contribution in [-0.4, -0.2) is 18.4 Å². The van der Waals surface area contributed by atoms with Crippen molar-refractivity contribution >= 4 is 39.8 Å². The minimum Gasteiger partial charge on any atom is -0.484 e. The SMILES string of the molecule is Cc1cc(OCC(=O)Nc2sc3c(c2C(N)=O)CC[C@H](C(C)(C)C)C3)cc(C)c1Cl. The van der Waals surface area contributed by atoms with E-state index in [4.69, 9.17) is 22.1 Å². The number of thiophene rings is 1. The molecule has 3 rings (SSSR count). The van der Waals surface area contributed by atoms with Crippen molar-refractivity contribution in [3.8, 4) is 5.75 Å². The molecule has 0 radical (unpaired) electrons. The summed E-state index contributed by atoms with van der Waals surface area (Å²) in [5.41, 5.74) is 9.09. The molecule has 3 N–H and O–H groups in total. The van der Waals surface area contributed by atoms with E-state index in [0.29, 0.717) is 27.3 Å². The van der Waals surface area contributed by atoms with E-state index in [-0.39, 0.29) is 17.9 Å². The minimum atomic E-state index is -0.498. The van der Waals surface area contributed by atoms with E-state index >= 15 is 0 Å². The number of carbonyl (C=O) groups is 2. The number of anilines is 1. The van der Waals surface area contributed by atoms with Crippen LogP contribution >= 0.6 is 22.9 Å². The average molecular weight is 449 g/mol. The third-order valence-electron chi connectivity index (χ3n) is 5.77. The zero-order valence-corrected chi connectivity index (χ0v) is 19.7. The summed E-state index contributed by atoms with van der Waals surface area (Å²) in [5, 5.41) is 4.06. The van der Waals surface area contributed by atoms with E-state index in [1.807, 2.05) is 13.8 Å². The van der Waals surface area contributed by atoms with Crippen molar-refractivity contribution < 1.29 is 14.3 Å². The van der Waals surface area contributed by atoms with Crippen LogP contribution in [-0.2, 0) is 17.6 Å². The highest BCUT2D eigenvalue weighted by molar-refractivity contribution is 7.17. The van der Waals surface area contributed by atoms with Crippen molar-refractivity contribution in [3.63, 3.8) is 0 Å². The van der Waals surface area contributed by atoms with Crippen LogP contribution in [0.25, 0.3) is 0 Å². The van der Waals surface area contributed by atoms with Gasteiger partial charge in [0.25, 0.3) is 11.8 Å². The Morgan fingerprint density at radius 3 is 2.47 bits per heavy atom. The zero-order valence-electron chi connectivity index (χ0n) is 18.1. The van der Waals surface area contributed by atoms with Gasteiger partial charge in [-0.05, 0) is 73.3 Å². The third-order valence-corrected chi connectivity index (χ3v) is 7.54. The van der Waals surface area contributed by atoms with Gasteiger partial charge in [-0.1, -0.05) is 32.4 Å². The zero-order chi connectivity index (χ0) is 22.2. The number of ether oxygens (including phenoxy) is 1. The molecule has 0 bridgehead atoms. The van der Waals surface area contributed by atoms with E-state index in [1.165, 1.54) is 11.3 Å². The van der Waals surface area contributed by atoms with Crippen molar-refractivity contribution in [1.29, 1.82) is 0 Å². The van der Waals surface area contributed by atoms with Crippen LogP contribution in [0.5, 0.6) is 5.75 Å². The molecule has 2 aromatic rings. The van der Waals surface area contributed by atoms with Crippen molar-refractivity contribution in [1.82, 2.24) is 0 Å².